The molecule has 0 heterocycles. The fraction of sp³-hybridized carbons (Fsp3) is 0.909. The van der Waals surface area contributed by atoms with Gasteiger partial charge in [0.15, 0.2) is 0 Å². The van der Waals surface area contributed by atoms with E-state index in [0.717, 1.165) is 24.5 Å². The summed E-state index contributed by atoms with van der Waals surface area (Å²) in [4.78, 5) is 11.0. The van der Waals surface area contributed by atoms with Crippen molar-refractivity contribution in [2.75, 3.05) is 45.5 Å². The van der Waals surface area contributed by atoms with Gasteiger partial charge in [-0.25, -0.2) is 0 Å². The van der Waals surface area contributed by atoms with Gasteiger partial charge in [-0.05, 0) is 24.3 Å². The summed E-state index contributed by atoms with van der Waals surface area (Å²) in [7, 11) is 3.01. The van der Waals surface area contributed by atoms with Crippen LogP contribution in [0.3, 0.4) is 0 Å². The average Bonchev–Trinajstić information content (AvgIpc) is 2.35. The fourth-order valence-electron chi connectivity index (χ4n) is 1.09. The zero-order valence-corrected chi connectivity index (χ0v) is 11.5. The molecule has 0 saturated heterocycles. The third-order valence-corrected chi connectivity index (χ3v) is 3.19. The molecule has 0 rings (SSSR count). The molecule has 1 unspecified atom stereocenters. The molecule has 0 aliphatic rings. The Morgan fingerprint density at radius 1 is 1.24 bits per heavy atom. The van der Waals surface area contributed by atoms with Gasteiger partial charge in [-0.15, -0.1) is 0 Å². The first-order chi connectivity index (χ1) is 8.22. The van der Waals surface area contributed by atoms with Gasteiger partial charge in [0.2, 0.25) is 0 Å². The highest BCUT2D eigenvalue weighted by Crippen LogP contribution is 2.06. The molecule has 0 saturated carbocycles. The Kier molecular flexibility index (Phi) is 12.0. The first kappa shape index (κ1) is 16.7. The van der Waals surface area contributed by atoms with Crippen LogP contribution in [0.5, 0.6) is 0 Å². The molecular formula is C11H23NO4S. The van der Waals surface area contributed by atoms with E-state index in [9.17, 15) is 4.79 Å². The standard InChI is InChI=1S/C11H23NO4S/c1-14-6-7-16-5-3-8-17-9-4-10(12)11(13)15-2/h10H,3-9,12H2,1-2H3. The molecule has 0 aromatic carbocycles. The lowest BCUT2D eigenvalue weighted by atomic mass is 10.2. The predicted octanol–water partition coefficient (Wildman–Crippen LogP) is 0.663. The SMILES string of the molecule is COCCOCCCSCCC(N)C(=O)OC. The molecule has 0 aromatic heterocycles. The summed E-state index contributed by atoms with van der Waals surface area (Å²) in [5.74, 6) is 1.54. The van der Waals surface area contributed by atoms with Crippen molar-refractivity contribution in [3.8, 4) is 0 Å². The molecule has 0 bridgehead atoms. The predicted molar refractivity (Wildman–Crippen MR) is 69.2 cm³/mol. The molecule has 0 aliphatic heterocycles. The molecule has 1 atom stereocenters. The van der Waals surface area contributed by atoms with E-state index in [4.69, 9.17) is 15.2 Å². The lowest BCUT2D eigenvalue weighted by Crippen LogP contribution is -2.32. The summed E-state index contributed by atoms with van der Waals surface area (Å²) in [6, 6.07) is -0.495. The summed E-state index contributed by atoms with van der Waals surface area (Å²) in [6.07, 6.45) is 1.66. The number of rotatable bonds is 11. The quantitative estimate of drug-likeness (QED) is 0.437. The topological polar surface area (TPSA) is 70.8 Å². The van der Waals surface area contributed by atoms with E-state index < -0.39 is 6.04 Å². The van der Waals surface area contributed by atoms with E-state index >= 15 is 0 Å². The number of ether oxygens (including phenoxy) is 3. The molecule has 0 aromatic rings. The van der Waals surface area contributed by atoms with Crippen molar-refractivity contribution >= 4 is 17.7 Å². The molecule has 0 aliphatic carbocycles. The van der Waals surface area contributed by atoms with Crippen molar-refractivity contribution in [3.05, 3.63) is 0 Å². The minimum Gasteiger partial charge on any atom is -0.468 e. The van der Waals surface area contributed by atoms with Crippen LogP contribution in [-0.4, -0.2) is 57.6 Å². The molecule has 0 amide bonds. The molecule has 2 N–H and O–H groups in total. The first-order valence-electron chi connectivity index (χ1n) is 5.70. The van der Waals surface area contributed by atoms with E-state index in [1.54, 1.807) is 18.9 Å². The molecule has 102 valence electrons. The second-order valence-corrected chi connectivity index (χ2v) is 4.71. The molecule has 0 fully saturated rings. The smallest absolute Gasteiger partial charge is 0.322 e. The van der Waals surface area contributed by atoms with Crippen LogP contribution in [0.15, 0.2) is 0 Å². The molecular weight excluding hydrogens is 242 g/mol. The maximum absolute atomic E-state index is 11.0. The van der Waals surface area contributed by atoms with Crippen molar-refractivity contribution in [1.82, 2.24) is 0 Å². The highest BCUT2D eigenvalue weighted by Gasteiger charge is 2.12. The molecule has 5 nitrogen and oxygen atoms in total. The minimum atomic E-state index is -0.495. The molecule has 6 heteroatoms. The average molecular weight is 265 g/mol. The number of carbonyl (C=O) groups excluding carboxylic acids is 1. The van der Waals surface area contributed by atoms with Crippen molar-refractivity contribution in [3.63, 3.8) is 0 Å². The summed E-state index contributed by atoms with van der Waals surface area (Å²) in [5.41, 5.74) is 5.60. The highest BCUT2D eigenvalue weighted by atomic mass is 32.2. The van der Waals surface area contributed by atoms with E-state index in [1.807, 2.05) is 0 Å². The van der Waals surface area contributed by atoms with Crippen LogP contribution in [-0.2, 0) is 19.0 Å². The van der Waals surface area contributed by atoms with Crippen molar-refractivity contribution in [1.29, 1.82) is 0 Å². The third-order valence-electron chi connectivity index (χ3n) is 2.09. The maximum atomic E-state index is 11.0. The minimum absolute atomic E-state index is 0.339. The van der Waals surface area contributed by atoms with Gasteiger partial charge in [0, 0.05) is 13.7 Å². The van der Waals surface area contributed by atoms with Crippen LogP contribution in [0.2, 0.25) is 0 Å². The van der Waals surface area contributed by atoms with E-state index in [0.29, 0.717) is 19.6 Å². The van der Waals surface area contributed by atoms with Gasteiger partial charge in [-0.2, -0.15) is 11.8 Å². The van der Waals surface area contributed by atoms with Crippen molar-refractivity contribution < 1.29 is 19.0 Å². The van der Waals surface area contributed by atoms with E-state index in [-0.39, 0.29) is 5.97 Å². The summed E-state index contributed by atoms with van der Waals surface area (Å²) in [6.45, 7) is 2.04. The Hall–Kier alpha value is -0.300. The van der Waals surface area contributed by atoms with Crippen molar-refractivity contribution in [2.24, 2.45) is 5.73 Å². The lowest BCUT2D eigenvalue weighted by molar-refractivity contribution is -0.142. The second-order valence-electron chi connectivity index (χ2n) is 3.49. The normalized spacial score (nSPS) is 12.4. The Morgan fingerprint density at radius 2 is 2.00 bits per heavy atom. The monoisotopic (exact) mass is 265 g/mol. The zero-order chi connectivity index (χ0) is 12.9. The maximum Gasteiger partial charge on any atom is 0.322 e. The van der Waals surface area contributed by atoms with Gasteiger partial charge in [0.05, 0.1) is 20.3 Å². The van der Waals surface area contributed by atoms with Crippen LogP contribution in [0.4, 0.5) is 0 Å². The summed E-state index contributed by atoms with van der Waals surface area (Å²) < 4.78 is 14.7. The summed E-state index contributed by atoms with van der Waals surface area (Å²) in [5, 5.41) is 0. The van der Waals surface area contributed by atoms with Crippen LogP contribution >= 0.6 is 11.8 Å². The van der Waals surface area contributed by atoms with Gasteiger partial charge >= 0.3 is 5.97 Å². The van der Waals surface area contributed by atoms with Gasteiger partial charge in [-0.1, -0.05) is 0 Å². The Labute approximate surface area is 107 Å². The summed E-state index contributed by atoms with van der Waals surface area (Å²) >= 11 is 1.77. The fourth-order valence-corrected chi connectivity index (χ4v) is 2.04. The van der Waals surface area contributed by atoms with E-state index in [2.05, 4.69) is 4.74 Å². The molecule has 17 heavy (non-hydrogen) atoms. The van der Waals surface area contributed by atoms with Crippen LogP contribution in [0.1, 0.15) is 12.8 Å². The number of methoxy groups -OCH3 is 2. The van der Waals surface area contributed by atoms with Crippen LogP contribution in [0.25, 0.3) is 0 Å². The van der Waals surface area contributed by atoms with Gasteiger partial charge in [0.25, 0.3) is 0 Å². The zero-order valence-electron chi connectivity index (χ0n) is 10.6. The largest absolute Gasteiger partial charge is 0.468 e. The third kappa shape index (κ3) is 10.6. The van der Waals surface area contributed by atoms with Crippen LogP contribution in [0, 0.1) is 0 Å². The number of nitrogens with two attached hydrogens (primary N) is 1. The second kappa shape index (κ2) is 12.2. The number of thioether (sulfide) groups is 1. The lowest BCUT2D eigenvalue weighted by Gasteiger charge is -2.08. The number of esters is 1. The molecule has 0 spiro atoms. The number of carbonyl (C=O) groups is 1. The van der Waals surface area contributed by atoms with Gasteiger partial charge < -0.3 is 19.9 Å². The highest BCUT2D eigenvalue weighted by molar-refractivity contribution is 7.99. The Morgan fingerprint density at radius 3 is 2.65 bits per heavy atom. The number of hydrogen-bond donors (Lipinski definition) is 1. The van der Waals surface area contributed by atoms with Crippen molar-refractivity contribution in [2.45, 2.75) is 18.9 Å². The number of hydrogen-bond acceptors (Lipinski definition) is 6. The molecule has 0 radical (unpaired) electrons. The van der Waals surface area contributed by atoms with Gasteiger partial charge in [-0.3, -0.25) is 4.79 Å². The Bertz CT molecular complexity index is 192. The Balaban J connectivity index is 3.15. The first-order valence-corrected chi connectivity index (χ1v) is 6.85. The van der Waals surface area contributed by atoms with Gasteiger partial charge in [0.1, 0.15) is 6.04 Å². The van der Waals surface area contributed by atoms with E-state index in [1.165, 1.54) is 7.11 Å². The van der Waals surface area contributed by atoms with Crippen LogP contribution < -0.4 is 5.73 Å².